The average Bonchev–Trinajstić information content (AvgIpc) is 2.55. The molecule has 0 bridgehead atoms. The Balaban J connectivity index is 0.000000185. The second-order valence-corrected chi connectivity index (χ2v) is 6.37. The molecule has 3 rings (SSSR count). The van der Waals surface area contributed by atoms with Gasteiger partial charge in [-0.1, -0.05) is 66.7 Å². The summed E-state index contributed by atoms with van der Waals surface area (Å²) in [5.41, 5.74) is 6.68. The fourth-order valence-corrected chi connectivity index (χ4v) is 2.95. The summed E-state index contributed by atoms with van der Waals surface area (Å²) in [4.78, 5) is -0.0457. The average molecular weight is 329 g/mol. The smallest absolute Gasteiger partial charge is 0.295 e. The summed E-state index contributed by atoms with van der Waals surface area (Å²) in [5.74, 6) is 0. The van der Waals surface area contributed by atoms with Crippen LogP contribution in [0, 0.1) is 0 Å². The zero-order chi connectivity index (χ0) is 16.7. The second-order valence-electron chi connectivity index (χ2n) is 4.98. The Morgan fingerprint density at radius 1 is 0.826 bits per heavy atom. The standard InChI is InChI=1S/C10H8O3S.C8H11N/c11-14(12,13)10-7-3-5-8-4-1-2-6-9(8)10;9-7-6-8-4-2-1-3-5-8/h1-7H,(H,11,12,13);1-5H,6-7,9H2. The first kappa shape index (κ1) is 17.1. The molecular weight excluding hydrogens is 310 g/mol. The summed E-state index contributed by atoms with van der Waals surface area (Å²) < 4.78 is 31.0. The van der Waals surface area contributed by atoms with E-state index in [1.807, 2.05) is 24.3 Å². The summed E-state index contributed by atoms with van der Waals surface area (Å²) >= 11 is 0. The molecule has 3 N–H and O–H groups in total. The first-order valence-corrected chi connectivity index (χ1v) is 8.65. The van der Waals surface area contributed by atoms with Crippen LogP contribution in [-0.4, -0.2) is 19.5 Å². The fourth-order valence-electron chi connectivity index (χ4n) is 2.23. The summed E-state index contributed by atoms with van der Waals surface area (Å²) in [5, 5.41) is 1.33. The zero-order valence-electron chi connectivity index (χ0n) is 12.6. The van der Waals surface area contributed by atoms with Gasteiger partial charge in [0.1, 0.15) is 4.90 Å². The molecule has 0 amide bonds. The van der Waals surface area contributed by atoms with Crippen LogP contribution in [0.2, 0.25) is 0 Å². The van der Waals surface area contributed by atoms with Gasteiger partial charge in [-0.25, -0.2) is 0 Å². The number of nitrogens with two attached hydrogens (primary N) is 1. The predicted molar refractivity (Wildman–Crippen MR) is 93.0 cm³/mol. The van der Waals surface area contributed by atoms with Crippen molar-refractivity contribution in [3.8, 4) is 0 Å². The molecule has 0 aromatic heterocycles. The molecule has 5 heteroatoms. The van der Waals surface area contributed by atoms with E-state index in [0.717, 1.165) is 18.4 Å². The molecule has 0 radical (unpaired) electrons. The van der Waals surface area contributed by atoms with Crippen molar-refractivity contribution >= 4 is 20.9 Å². The first-order chi connectivity index (χ1) is 11.0. The highest BCUT2D eigenvalue weighted by atomic mass is 32.2. The quantitative estimate of drug-likeness (QED) is 0.723. The molecule has 4 nitrogen and oxygen atoms in total. The molecule has 0 heterocycles. The van der Waals surface area contributed by atoms with E-state index in [1.54, 1.807) is 30.3 Å². The minimum absolute atomic E-state index is 0.0457. The van der Waals surface area contributed by atoms with Crippen LogP contribution in [0.25, 0.3) is 10.8 Å². The van der Waals surface area contributed by atoms with Gasteiger partial charge in [-0.2, -0.15) is 8.42 Å². The lowest BCUT2D eigenvalue weighted by atomic mass is 10.1. The number of benzene rings is 3. The van der Waals surface area contributed by atoms with Crippen LogP contribution in [0.3, 0.4) is 0 Å². The van der Waals surface area contributed by atoms with Crippen molar-refractivity contribution < 1.29 is 13.0 Å². The maximum absolute atomic E-state index is 11.0. The molecule has 23 heavy (non-hydrogen) atoms. The molecule has 0 saturated carbocycles. The van der Waals surface area contributed by atoms with Gasteiger partial charge in [0.25, 0.3) is 10.1 Å². The normalized spacial score (nSPS) is 10.9. The van der Waals surface area contributed by atoms with E-state index in [-0.39, 0.29) is 4.90 Å². The van der Waals surface area contributed by atoms with Crippen molar-refractivity contribution in [3.05, 3.63) is 78.4 Å². The summed E-state index contributed by atoms with van der Waals surface area (Å²) in [6, 6.07) is 22.1. The third-order valence-electron chi connectivity index (χ3n) is 3.30. The molecule has 0 saturated heterocycles. The lowest BCUT2D eigenvalue weighted by Gasteiger charge is -2.02. The largest absolute Gasteiger partial charge is 0.330 e. The Kier molecular flexibility index (Phi) is 5.87. The fraction of sp³-hybridized carbons (Fsp3) is 0.111. The number of fused-ring (bicyclic) bond motifs is 1. The van der Waals surface area contributed by atoms with Gasteiger partial charge in [0, 0.05) is 5.39 Å². The highest BCUT2D eigenvalue weighted by molar-refractivity contribution is 7.86. The third-order valence-corrected chi connectivity index (χ3v) is 4.22. The van der Waals surface area contributed by atoms with Crippen LogP contribution in [-0.2, 0) is 16.5 Å². The maximum atomic E-state index is 11.0. The molecule has 0 aliphatic heterocycles. The van der Waals surface area contributed by atoms with E-state index in [1.165, 1.54) is 11.6 Å². The predicted octanol–water partition coefficient (Wildman–Crippen LogP) is 3.27. The van der Waals surface area contributed by atoms with Gasteiger partial charge in [-0.3, -0.25) is 4.55 Å². The Bertz CT molecular complexity index is 856. The van der Waals surface area contributed by atoms with Crippen LogP contribution < -0.4 is 5.73 Å². The van der Waals surface area contributed by atoms with Crippen LogP contribution >= 0.6 is 0 Å². The van der Waals surface area contributed by atoms with Gasteiger partial charge in [0.15, 0.2) is 0 Å². The maximum Gasteiger partial charge on any atom is 0.295 e. The molecule has 0 aliphatic rings. The molecule has 0 aliphatic carbocycles. The van der Waals surface area contributed by atoms with Crippen molar-refractivity contribution in [2.75, 3.05) is 6.54 Å². The first-order valence-electron chi connectivity index (χ1n) is 7.21. The Morgan fingerprint density at radius 3 is 2.09 bits per heavy atom. The van der Waals surface area contributed by atoms with E-state index in [2.05, 4.69) is 12.1 Å². The summed E-state index contributed by atoms with van der Waals surface area (Å²) in [7, 11) is -4.13. The summed E-state index contributed by atoms with van der Waals surface area (Å²) in [6.07, 6.45) is 0.987. The Hall–Kier alpha value is -2.21. The molecule has 0 spiro atoms. The van der Waals surface area contributed by atoms with Crippen LogP contribution in [0.15, 0.2) is 77.7 Å². The van der Waals surface area contributed by atoms with E-state index in [4.69, 9.17) is 10.3 Å². The number of rotatable bonds is 3. The van der Waals surface area contributed by atoms with Crippen LogP contribution in [0.5, 0.6) is 0 Å². The highest BCUT2D eigenvalue weighted by Gasteiger charge is 2.12. The molecule has 0 unspecified atom stereocenters. The van der Waals surface area contributed by atoms with E-state index in [9.17, 15) is 8.42 Å². The van der Waals surface area contributed by atoms with E-state index in [0.29, 0.717) is 5.39 Å². The van der Waals surface area contributed by atoms with Gasteiger partial charge in [0.2, 0.25) is 0 Å². The van der Waals surface area contributed by atoms with Gasteiger partial charge in [0.05, 0.1) is 0 Å². The summed E-state index contributed by atoms with van der Waals surface area (Å²) in [6.45, 7) is 0.740. The lowest BCUT2D eigenvalue weighted by molar-refractivity contribution is 0.484. The van der Waals surface area contributed by atoms with Crippen molar-refractivity contribution in [3.63, 3.8) is 0 Å². The van der Waals surface area contributed by atoms with Gasteiger partial charge < -0.3 is 5.73 Å². The van der Waals surface area contributed by atoms with Crippen molar-refractivity contribution in [2.45, 2.75) is 11.3 Å². The van der Waals surface area contributed by atoms with E-state index < -0.39 is 10.1 Å². The molecular formula is C18H19NO3S. The minimum atomic E-state index is -4.13. The van der Waals surface area contributed by atoms with Crippen LogP contribution in [0.4, 0.5) is 0 Å². The van der Waals surface area contributed by atoms with E-state index >= 15 is 0 Å². The molecule has 3 aromatic carbocycles. The van der Waals surface area contributed by atoms with Gasteiger partial charge in [-0.05, 0) is 30.0 Å². The molecule has 0 fully saturated rings. The molecule has 3 aromatic rings. The number of hydrogen-bond donors (Lipinski definition) is 2. The topological polar surface area (TPSA) is 80.4 Å². The van der Waals surface area contributed by atoms with Crippen molar-refractivity contribution in [1.29, 1.82) is 0 Å². The third kappa shape index (κ3) is 4.89. The Morgan fingerprint density at radius 2 is 1.43 bits per heavy atom. The minimum Gasteiger partial charge on any atom is -0.330 e. The SMILES string of the molecule is NCCc1ccccc1.O=S(=O)(O)c1cccc2ccccc12. The molecule has 0 atom stereocenters. The van der Waals surface area contributed by atoms with Gasteiger partial charge >= 0.3 is 0 Å². The molecule has 120 valence electrons. The van der Waals surface area contributed by atoms with Crippen molar-refractivity contribution in [2.24, 2.45) is 5.73 Å². The Labute approximate surface area is 136 Å². The van der Waals surface area contributed by atoms with Crippen LogP contribution in [0.1, 0.15) is 5.56 Å². The van der Waals surface area contributed by atoms with Crippen molar-refractivity contribution in [1.82, 2.24) is 0 Å². The number of hydrogen-bond acceptors (Lipinski definition) is 3. The second kappa shape index (κ2) is 7.87. The lowest BCUT2D eigenvalue weighted by Crippen LogP contribution is -2.01. The highest BCUT2D eigenvalue weighted by Crippen LogP contribution is 2.21. The monoisotopic (exact) mass is 329 g/mol. The zero-order valence-corrected chi connectivity index (χ0v) is 13.4. The van der Waals surface area contributed by atoms with Gasteiger partial charge in [-0.15, -0.1) is 0 Å².